The van der Waals surface area contributed by atoms with Crippen molar-refractivity contribution in [1.82, 2.24) is 4.98 Å². The molecule has 0 aromatic carbocycles. The molecule has 0 fully saturated rings. The van der Waals surface area contributed by atoms with E-state index in [1.54, 1.807) is 0 Å². The quantitative estimate of drug-likeness (QED) is 0.777. The molecule has 1 aromatic rings. The van der Waals surface area contributed by atoms with Crippen LogP contribution in [0.25, 0.3) is 6.08 Å². The molecule has 0 aliphatic rings. The molecule has 0 aliphatic heterocycles. The predicted molar refractivity (Wildman–Crippen MR) is 71.5 cm³/mol. The highest BCUT2D eigenvalue weighted by Crippen LogP contribution is 2.19. The van der Waals surface area contributed by atoms with Gasteiger partial charge in [0.15, 0.2) is 5.13 Å². The van der Waals surface area contributed by atoms with Gasteiger partial charge in [0, 0.05) is 23.6 Å². The maximum atomic E-state index is 11.5. The number of nitrogens with one attached hydrogen (secondary N) is 1. The van der Waals surface area contributed by atoms with E-state index >= 15 is 0 Å². The minimum atomic E-state index is -1.01. The monoisotopic (exact) mass is 268 g/mol. The number of carboxylic acids is 1. The third-order valence-electron chi connectivity index (χ3n) is 2.11. The lowest BCUT2D eigenvalue weighted by Gasteiger charge is -2.03. The maximum absolute atomic E-state index is 11.5. The fourth-order valence-corrected chi connectivity index (χ4v) is 1.91. The Labute approximate surface area is 110 Å². The molecule has 6 heteroatoms. The third kappa shape index (κ3) is 5.58. The van der Waals surface area contributed by atoms with Crippen molar-refractivity contribution >= 4 is 34.4 Å². The zero-order chi connectivity index (χ0) is 13.5. The first-order valence-corrected chi connectivity index (χ1v) is 6.45. The highest BCUT2D eigenvalue weighted by molar-refractivity contribution is 7.16. The molecule has 0 radical (unpaired) electrons. The fourth-order valence-electron chi connectivity index (χ4n) is 1.18. The first-order valence-electron chi connectivity index (χ1n) is 5.64. The molecule has 0 saturated heterocycles. The van der Waals surface area contributed by atoms with E-state index < -0.39 is 5.97 Å². The van der Waals surface area contributed by atoms with Crippen molar-refractivity contribution in [2.45, 2.75) is 26.7 Å². The number of carbonyl (C=O) groups is 2. The lowest BCUT2D eigenvalue weighted by atomic mass is 10.1. The van der Waals surface area contributed by atoms with E-state index in [1.165, 1.54) is 23.6 Å². The molecule has 0 unspecified atom stereocenters. The van der Waals surface area contributed by atoms with Crippen molar-refractivity contribution in [2.75, 3.05) is 5.32 Å². The molecule has 18 heavy (non-hydrogen) atoms. The summed E-state index contributed by atoms with van der Waals surface area (Å²) in [4.78, 5) is 26.6. The van der Waals surface area contributed by atoms with Crippen molar-refractivity contribution in [3.8, 4) is 0 Å². The minimum absolute atomic E-state index is 0.0631. The highest BCUT2D eigenvalue weighted by atomic mass is 32.1. The van der Waals surface area contributed by atoms with Gasteiger partial charge in [0.05, 0.1) is 0 Å². The topological polar surface area (TPSA) is 79.3 Å². The Morgan fingerprint density at radius 3 is 2.89 bits per heavy atom. The SMILES string of the molecule is CC(C)CCC(=O)Nc1ncc(/C=C/C(=O)O)s1. The first-order chi connectivity index (χ1) is 8.47. The number of aromatic nitrogens is 1. The van der Waals surface area contributed by atoms with Crippen LogP contribution in [0.2, 0.25) is 0 Å². The van der Waals surface area contributed by atoms with Crippen LogP contribution in [-0.4, -0.2) is 22.0 Å². The van der Waals surface area contributed by atoms with Crippen LogP contribution >= 0.6 is 11.3 Å². The summed E-state index contributed by atoms with van der Waals surface area (Å²) in [7, 11) is 0. The number of carboxylic acid groups (broad SMARTS) is 1. The van der Waals surface area contributed by atoms with Gasteiger partial charge in [-0.05, 0) is 18.4 Å². The predicted octanol–water partition coefficient (Wildman–Crippen LogP) is 2.62. The Hall–Kier alpha value is -1.69. The number of thiazole rings is 1. The van der Waals surface area contributed by atoms with Crippen LogP contribution in [0.4, 0.5) is 5.13 Å². The van der Waals surface area contributed by atoms with Crippen LogP contribution in [0.15, 0.2) is 12.3 Å². The molecule has 1 aromatic heterocycles. The molecule has 2 N–H and O–H groups in total. The van der Waals surface area contributed by atoms with E-state index in [0.717, 1.165) is 12.5 Å². The lowest BCUT2D eigenvalue weighted by Crippen LogP contribution is -2.11. The second kappa shape index (κ2) is 6.90. The average molecular weight is 268 g/mol. The molecular formula is C12H16N2O3S. The summed E-state index contributed by atoms with van der Waals surface area (Å²) in [6.45, 7) is 4.12. The molecule has 1 rings (SSSR count). The van der Waals surface area contributed by atoms with Crippen LogP contribution in [0.5, 0.6) is 0 Å². The zero-order valence-corrected chi connectivity index (χ0v) is 11.2. The number of rotatable bonds is 6. The Bertz CT molecular complexity index is 452. The van der Waals surface area contributed by atoms with Crippen molar-refractivity contribution in [3.63, 3.8) is 0 Å². The number of hydrogen-bond acceptors (Lipinski definition) is 4. The molecule has 98 valence electrons. The van der Waals surface area contributed by atoms with E-state index in [-0.39, 0.29) is 5.91 Å². The van der Waals surface area contributed by atoms with Gasteiger partial charge in [0.25, 0.3) is 0 Å². The van der Waals surface area contributed by atoms with Crippen LogP contribution in [-0.2, 0) is 9.59 Å². The summed E-state index contributed by atoms with van der Waals surface area (Å²) in [5.41, 5.74) is 0. The normalized spacial score (nSPS) is 11.1. The third-order valence-corrected chi connectivity index (χ3v) is 2.99. The highest BCUT2D eigenvalue weighted by Gasteiger charge is 2.06. The number of nitrogens with zero attached hydrogens (tertiary/aromatic N) is 1. The average Bonchev–Trinajstić information content (AvgIpc) is 2.71. The largest absolute Gasteiger partial charge is 0.478 e. The van der Waals surface area contributed by atoms with Gasteiger partial charge < -0.3 is 10.4 Å². The molecule has 0 aliphatic carbocycles. The fraction of sp³-hybridized carbons (Fsp3) is 0.417. The van der Waals surface area contributed by atoms with Crippen molar-refractivity contribution in [2.24, 2.45) is 5.92 Å². The van der Waals surface area contributed by atoms with Gasteiger partial charge in [-0.1, -0.05) is 25.2 Å². The van der Waals surface area contributed by atoms with Gasteiger partial charge in [-0.3, -0.25) is 4.79 Å². The van der Waals surface area contributed by atoms with Crippen molar-refractivity contribution in [3.05, 3.63) is 17.2 Å². The van der Waals surface area contributed by atoms with Gasteiger partial charge in [0.1, 0.15) is 0 Å². The van der Waals surface area contributed by atoms with Gasteiger partial charge >= 0.3 is 5.97 Å². The number of anilines is 1. The van der Waals surface area contributed by atoms with Gasteiger partial charge in [-0.25, -0.2) is 9.78 Å². The summed E-state index contributed by atoms with van der Waals surface area (Å²) in [5.74, 6) is -0.584. The number of amides is 1. The zero-order valence-electron chi connectivity index (χ0n) is 10.3. The standard InChI is InChI=1S/C12H16N2O3S/c1-8(2)3-5-10(15)14-12-13-7-9(18-12)4-6-11(16)17/h4,6-8H,3,5H2,1-2H3,(H,16,17)(H,13,14,15)/b6-4+. The first kappa shape index (κ1) is 14.4. The van der Waals surface area contributed by atoms with Crippen LogP contribution in [0.3, 0.4) is 0 Å². The number of hydrogen-bond donors (Lipinski definition) is 2. The van der Waals surface area contributed by atoms with Gasteiger partial charge in [0.2, 0.25) is 5.91 Å². The second-order valence-electron chi connectivity index (χ2n) is 4.22. The van der Waals surface area contributed by atoms with E-state index in [2.05, 4.69) is 24.1 Å². The molecule has 1 amide bonds. The lowest BCUT2D eigenvalue weighted by molar-refractivity contribution is -0.131. The molecule has 0 spiro atoms. The Balaban J connectivity index is 2.48. The number of aliphatic carboxylic acids is 1. The van der Waals surface area contributed by atoms with Crippen LogP contribution in [0.1, 0.15) is 31.6 Å². The Morgan fingerprint density at radius 1 is 1.56 bits per heavy atom. The molecule has 0 saturated carbocycles. The van der Waals surface area contributed by atoms with E-state index in [0.29, 0.717) is 22.3 Å². The van der Waals surface area contributed by atoms with E-state index in [1.807, 2.05) is 0 Å². The van der Waals surface area contributed by atoms with E-state index in [9.17, 15) is 9.59 Å². The molecular weight excluding hydrogens is 252 g/mol. The van der Waals surface area contributed by atoms with Gasteiger partial charge in [-0.2, -0.15) is 0 Å². The molecule has 1 heterocycles. The second-order valence-corrected chi connectivity index (χ2v) is 5.28. The minimum Gasteiger partial charge on any atom is -0.478 e. The summed E-state index contributed by atoms with van der Waals surface area (Å²) >= 11 is 1.24. The smallest absolute Gasteiger partial charge is 0.328 e. The maximum Gasteiger partial charge on any atom is 0.328 e. The molecule has 0 bridgehead atoms. The summed E-state index contributed by atoms with van der Waals surface area (Å²) < 4.78 is 0. The Kier molecular flexibility index (Phi) is 5.51. The molecule has 5 nitrogen and oxygen atoms in total. The van der Waals surface area contributed by atoms with Crippen molar-refractivity contribution in [1.29, 1.82) is 0 Å². The van der Waals surface area contributed by atoms with Crippen LogP contribution in [0, 0.1) is 5.92 Å². The number of carbonyl (C=O) groups excluding carboxylic acids is 1. The summed E-state index contributed by atoms with van der Waals surface area (Å²) in [6.07, 6.45) is 5.32. The summed E-state index contributed by atoms with van der Waals surface area (Å²) in [5, 5.41) is 11.7. The summed E-state index contributed by atoms with van der Waals surface area (Å²) in [6, 6.07) is 0. The van der Waals surface area contributed by atoms with E-state index in [4.69, 9.17) is 5.11 Å². The Morgan fingerprint density at radius 2 is 2.28 bits per heavy atom. The van der Waals surface area contributed by atoms with Crippen LogP contribution < -0.4 is 5.32 Å². The molecule has 0 atom stereocenters. The van der Waals surface area contributed by atoms with Crippen molar-refractivity contribution < 1.29 is 14.7 Å². The van der Waals surface area contributed by atoms with Gasteiger partial charge in [-0.15, -0.1) is 0 Å².